The van der Waals surface area contributed by atoms with Crippen LogP contribution in [0.5, 0.6) is 0 Å². The summed E-state index contributed by atoms with van der Waals surface area (Å²) in [5.74, 6) is -0.514. The largest absolute Gasteiger partial charge is 0.490 e. The third kappa shape index (κ3) is 8.69. The molecule has 13 nitrogen and oxygen atoms in total. The summed E-state index contributed by atoms with van der Waals surface area (Å²) in [6, 6.07) is -0.900. The van der Waals surface area contributed by atoms with Crippen molar-refractivity contribution in [3.8, 4) is 0 Å². The molecular weight excluding hydrogens is 615 g/mol. The third-order valence-corrected chi connectivity index (χ3v) is 10.1. The lowest BCUT2D eigenvalue weighted by Gasteiger charge is -2.49. The molecule has 2 atom stereocenters. The highest BCUT2D eigenvalue weighted by Gasteiger charge is 2.54. The Labute approximate surface area is 264 Å². The van der Waals surface area contributed by atoms with Crippen molar-refractivity contribution in [3.63, 3.8) is 0 Å². The molecule has 0 aromatic carbocycles. The van der Waals surface area contributed by atoms with Crippen molar-refractivity contribution in [1.29, 1.82) is 0 Å². The second-order valence-corrected chi connectivity index (χ2v) is 13.2. The maximum absolute atomic E-state index is 13.3. The van der Waals surface area contributed by atoms with Gasteiger partial charge in [0.2, 0.25) is 10.9 Å². The Morgan fingerprint density at radius 2 is 2.00 bits per heavy atom. The smallest absolute Gasteiger partial charge is 0.352 e. The van der Waals surface area contributed by atoms with Gasteiger partial charge in [-0.3, -0.25) is 14.5 Å². The SMILES string of the molecule is CCCCCCO/N=C(/C(=O)NC1C(=O)N2C(C(=O)O)=C(CSc3nnnn3CCCCCC)CS[C@H]12)C1=CSCCO1. The Hall–Kier alpha value is -2.72. The van der Waals surface area contributed by atoms with Gasteiger partial charge in [0.15, 0.2) is 5.76 Å². The first kappa shape index (κ1) is 33.2. The number of aliphatic carboxylic acids is 1. The van der Waals surface area contributed by atoms with E-state index in [2.05, 4.69) is 39.8 Å². The molecular formula is C27H39N7O6S3. The number of carboxylic acid groups (broad SMARTS) is 1. The first-order valence-electron chi connectivity index (χ1n) is 14.7. The molecule has 0 saturated carbocycles. The molecule has 1 aromatic rings. The van der Waals surface area contributed by atoms with Crippen molar-refractivity contribution in [1.82, 2.24) is 30.4 Å². The van der Waals surface area contributed by atoms with Gasteiger partial charge in [-0.05, 0) is 35.3 Å². The fourth-order valence-electron chi connectivity index (χ4n) is 4.68. The maximum atomic E-state index is 13.3. The highest BCUT2D eigenvalue weighted by Crippen LogP contribution is 2.41. The number of rotatable bonds is 18. The van der Waals surface area contributed by atoms with Crippen LogP contribution in [0.2, 0.25) is 0 Å². The van der Waals surface area contributed by atoms with Crippen LogP contribution in [0.1, 0.15) is 65.2 Å². The summed E-state index contributed by atoms with van der Waals surface area (Å²) < 4.78 is 7.38. The monoisotopic (exact) mass is 653 g/mol. The molecule has 2 amide bonds. The number of carboxylic acids is 1. The molecule has 43 heavy (non-hydrogen) atoms. The van der Waals surface area contributed by atoms with Crippen LogP contribution in [-0.4, -0.2) is 95.6 Å². The minimum absolute atomic E-state index is 0.0340. The van der Waals surface area contributed by atoms with E-state index in [0.717, 1.165) is 57.1 Å². The first-order valence-corrected chi connectivity index (χ1v) is 17.8. The van der Waals surface area contributed by atoms with Gasteiger partial charge in [0.25, 0.3) is 11.8 Å². The molecule has 0 radical (unpaired) electrons. The quantitative estimate of drug-likeness (QED) is 0.0779. The summed E-state index contributed by atoms with van der Waals surface area (Å²) in [5.41, 5.74) is 0.523. The van der Waals surface area contributed by atoms with Crippen LogP contribution < -0.4 is 5.32 Å². The number of amides is 2. The van der Waals surface area contributed by atoms with Crippen molar-refractivity contribution in [2.45, 2.75) is 88.3 Å². The molecule has 236 valence electrons. The topological polar surface area (TPSA) is 161 Å². The third-order valence-electron chi connectivity index (χ3n) is 6.98. The minimum Gasteiger partial charge on any atom is -0.490 e. The summed E-state index contributed by atoms with van der Waals surface area (Å²) in [7, 11) is 0. The zero-order chi connectivity index (χ0) is 30.6. The standard InChI is InChI=1S/C27H39N7O6S3/c1-3-5-7-9-11-33-27(29-31-32-33)43-16-18-15-42-25-21(24(36)34(25)22(18)26(37)38)28-23(35)20(19-17-41-14-13-39-19)30-40-12-10-8-6-4-2/h17,21,25H,3-16H2,1-2H3,(H,28,35)(H,37,38)/b30-20+/t21?,25-/m1/s1. The lowest BCUT2D eigenvalue weighted by Crippen LogP contribution is -2.71. The van der Waals surface area contributed by atoms with Crippen LogP contribution in [0.4, 0.5) is 0 Å². The summed E-state index contributed by atoms with van der Waals surface area (Å²) >= 11 is 4.26. The van der Waals surface area contributed by atoms with Crippen LogP contribution in [0.15, 0.2) is 32.7 Å². The van der Waals surface area contributed by atoms with Crippen LogP contribution in [0, 0.1) is 0 Å². The number of hydrogen-bond donors (Lipinski definition) is 2. The maximum Gasteiger partial charge on any atom is 0.352 e. The predicted octanol–water partition coefficient (Wildman–Crippen LogP) is 3.64. The Balaban J connectivity index is 1.40. The molecule has 0 bridgehead atoms. The molecule has 4 rings (SSSR count). The van der Waals surface area contributed by atoms with E-state index in [1.54, 1.807) is 10.1 Å². The van der Waals surface area contributed by atoms with Gasteiger partial charge >= 0.3 is 5.97 Å². The minimum atomic E-state index is -1.19. The molecule has 1 fully saturated rings. The number of unbranched alkanes of at least 4 members (excludes halogenated alkanes) is 6. The summed E-state index contributed by atoms with van der Waals surface area (Å²) in [5, 5.41) is 30.6. The number of nitrogens with zero attached hydrogens (tertiary/aromatic N) is 6. The van der Waals surface area contributed by atoms with Gasteiger partial charge in [-0.1, -0.05) is 62.9 Å². The van der Waals surface area contributed by atoms with Gasteiger partial charge in [-0.2, -0.15) is 0 Å². The van der Waals surface area contributed by atoms with Crippen LogP contribution in [0.25, 0.3) is 0 Å². The lowest BCUT2D eigenvalue weighted by atomic mass is 10.0. The number of oxime groups is 1. The number of hydrogen-bond acceptors (Lipinski definition) is 12. The van der Waals surface area contributed by atoms with Crippen molar-refractivity contribution >= 4 is 58.8 Å². The second-order valence-electron chi connectivity index (χ2n) is 10.2. The van der Waals surface area contributed by atoms with E-state index in [9.17, 15) is 19.5 Å². The van der Waals surface area contributed by atoms with Crippen LogP contribution >= 0.6 is 35.3 Å². The summed E-state index contributed by atoms with van der Waals surface area (Å²) in [6.07, 6.45) is 8.34. The number of thioether (sulfide) groups is 3. The second kappa shape index (κ2) is 16.9. The van der Waals surface area contributed by atoms with Gasteiger partial charge in [0.1, 0.15) is 23.7 Å². The molecule has 4 heterocycles. The first-order chi connectivity index (χ1) is 21.0. The normalized spacial score (nSPS) is 20.2. The average Bonchev–Trinajstić information content (AvgIpc) is 3.47. The zero-order valence-electron chi connectivity index (χ0n) is 24.5. The van der Waals surface area contributed by atoms with Crippen LogP contribution in [-0.2, 0) is 30.5 Å². The molecule has 16 heteroatoms. The van der Waals surface area contributed by atoms with E-state index in [0.29, 0.717) is 47.8 Å². The average molecular weight is 654 g/mol. The molecule has 1 saturated heterocycles. The number of nitrogens with one attached hydrogen (secondary N) is 1. The molecule has 0 spiro atoms. The number of carbonyl (C=O) groups is 3. The van der Waals surface area contributed by atoms with E-state index in [1.807, 2.05) is 0 Å². The molecule has 2 N–H and O–H groups in total. The van der Waals surface area contributed by atoms with Gasteiger partial charge in [0.05, 0.1) is 6.61 Å². The van der Waals surface area contributed by atoms with Crippen molar-refractivity contribution < 1.29 is 29.1 Å². The molecule has 3 aliphatic heterocycles. The number of carbonyl (C=O) groups excluding carboxylic acids is 2. The van der Waals surface area contributed by atoms with Gasteiger partial charge in [0, 0.05) is 29.2 Å². The van der Waals surface area contributed by atoms with E-state index in [1.165, 1.54) is 40.2 Å². The number of ether oxygens (including phenoxy) is 1. The van der Waals surface area contributed by atoms with E-state index in [-0.39, 0.29) is 11.4 Å². The Morgan fingerprint density at radius 3 is 2.72 bits per heavy atom. The Morgan fingerprint density at radius 1 is 1.21 bits per heavy atom. The zero-order valence-corrected chi connectivity index (χ0v) is 27.0. The van der Waals surface area contributed by atoms with E-state index < -0.39 is 29.2 Å². The molecule has 3 aliphatic rings. The molecule has 1 unspecified atom stereocenters. The Bertz CT molecular complexity index is 1240. The van der Waals surface area contributed by atoms with Crippen molar-refractivity contribution in [2.75, 3.05) is 30.5 Å². The number of aryl methyl sites for hydroxylation is 1. The van der Waals surface area contributed by atoms with Gasteiger partial charge < -0.3 is 20.0 Å². The highest BCUT2D eigenvalue weighted by atomic mass is 32.2. The fourth-order valence-corrected chi connectivity index (χ4v) is 7.70. The van der Waals surface area contributed by atoms with Crippen LogP contribution in [0.3, 0.4) is 0 Å². The number of β-lactam (4-membered cyclic amide) rings is 1. The highest BCUT2D eigenvalue weighted by molar-refractivity contribution is 8.02. The lowest BCUT2D eigenvalue weighted by molar-refractivity contribution is -0.150. The number of fused-ring (bicyclic) bond motifs is 1. The molecule has 0 aliphatic carbocycles. The Kier molecular flexibility index (Phi) is 13.1. The number of aromatic nitrogens is 4. The van der Waals surface area contributed by atoms with Gasteiger partial charge in [-0.25, -0.2) is 9.48 Å². The van der Waals surface area contributed by atoms with Gasteiger partial charge in [-0.15, -0.1) is 28.6 Å². The van der Waals surface area contributed by atoms with E-state index >= 15 is 0 Å². The van der Waals surface area contributed by atoms with Crippen molar-refractivity contribution in [2.24, 2.45) is 5.16 Å². The predicted molar refractivity (Wildman–Crippen MR) is 166 cm³/mol. The summed E-state index contributed by atoms with van der Waals surface area (Å²) in [4.78, 5) is 45.6. The fraction of sp³-hybridized carbons (Fsp3) is 0.667. The van der Waals surface area contributed by atoms with Crippen molar-refractivity contribution in [3.05, 3.63) is 22.4 Å². The number of tetrazole rings is 1. The van der Waals surface area contributed by atoms with E-state index in [4.69, 9.17) is 9.57 Å². The molecule has 1 aromatic heterocycles. The summed E-state index contributed by atoms with van der Waals surface area (Å²) in [6.45, 7) is 5.76.